The summed E-state index contributed by atoms with van der Waals surface area (Å²) < 4.78 is 5.17. The van der Waals surface area contributed by atoms with Crippen LogP contribution in [0.25, 0.3) is 0 Å². The van der Waals surface area contributed by atoms with Crippen LogP contribution < -0.4 is 11.1 Å². The lowest BCUT2D eigenvalue weighted by atomic mass is 9.87. The zero-order valence-electron chi connectivity index (χ0n) is 10.9. The Balaban J connectivity index is 0.00000162. The van der Waals surface area contributed by atoms with Crippen molar-refractivity contribution in [3.8, 4) is 0 Å². The van der Waals surface area contributed by atoms with Gasteiger partial charge in [0.25, 0.3) is 5.91 Å². The summed E-state index contributed by atoms with van der Waals surface area (Å²) in [6, 6.07) is 1.96. The van der Waals surface area contributed by atoms with E-state index in [0.29, 0.717) is 17.9 Å². The number of furan rings is 1. The molecule has 0 bridgehead atoms. The highest BCUT2D eigenvalue weighted by atomic mass is 35.5. The van der Waals surface area contributed by atoms with E-state index in [9.17, 15) is 4.79 Å². The minimum absolute atomic E-state index is 0. The van der Waals surface area contributed by atoms with Crippen LogP contribution in [-0.2, 0) is 6.54 Å². The van der Waals surface area contributed by atoms with Crippen molar-refractivity contribution >= 4 is 18.3 Å². The number of amides is 1. The Morgan fingerprint density at radius 1 is 1.61 bits per heavy atom. The Labute approximate surface area is 114 Å². The molecule has 5 heteroatoms. The topological polar surface area (TPSA) is 68.3 Å². The zero-order chi connectivity index (χ0) is 12.5. The van der Waals surface area contributed by atoms with E-state index in [4.69, 9.17) is 10.2 Å². The van der Waals surface area contributed by atoms with E-state index in [2.05, 4.69) is 19.2 Å². The second kappa shape index (κ2) is 5.76. The summed E-state index contributed by atoms with van der Waals surface area (Å²) in [5, 5.41) is 3.08. The molecule has 0 aromatic carbocycles. The predicted molar refractivity (Wildman–Crippen MR) is 72.7 cm³/mol. The maximum Gasteiger partial charge on any atom is 0.254 e. The summed E-state index contributed by atoms with van der Waals surface area (Å²) in [5.74, 6) is 0.578. The Morgan fingerprint density at radius 3 is 2.83 bits per heavy atom. The molecule has 4 nitrogen and oxygen atoms in total. The first-order valence-corrected chi connectivity index (χ1v) is 6.11. The van der Waals surface area contributed by atoms with Gasteiger partial charge in [0, 0.05) is 6.04 Å². The van der Waals surface area contributed by atoms with Crippen LogP contribution in [0.4, 0.5) is 0 Å². The molecule has 1 atom stereocenters. The fourth-order valence-corrected chi connectivity index (χ4v) is 2.44. The quantitative estimate of drug-likeness (QED) is 0.888. The van der Waals surface area contributed by atoms with Gasteiger partial charge in [-0.1, -0.05) is 20.3 Å². The highest BCUT2D eigenvalue weighted by molar-refractivity contribution is 5.94. The standard InChI is InChI=1S/C13H20N2O2.ClH/c1-13(2)5-3-4-11(13)15-12(16)9-6-10(7-14)17-8-9;/h6,8,11H,3-5,7,14H2,1-2H3,(H,15,16);1H. The van der Waals surface area contributed by atoms with Crippen LogP contribution in [0.15, 0.2) is 16.7 Å². The summed E-state index contributed by atoms with van der Waals surface area (Å²) in [7, 11) is 0. The normalized spacial score (nSPS) is 21.4. The fraction of sp³-hybridized carbons (Fsp3) is 0.615. The van der Waals surface area contributed by atoms with Crippen LogP contribution in [0.2, 0.25) is 0 Å². The van der Waals surface area contributed by atoms with Crippen molar-refractivity contribution in [1.82, 2.24) is 5.32 Å². The lowest BCUT2D eigenvalue weighted by Crippen LogP contribution is -2.41. The van der Waals surface area contributed by atoms with E-state index in [1.807, 2.05) is 0 Å². The Hall–Kier alpha value is -1.00. The van der Waals surface area contributed by atoms with Gasteiger partial charge >= 0.3 is 0 Å². The average Bonchev–Trinajstić information content (AvgIpc) is 2.86. The first kappa shape index (κ1) is 15.1. The maximum atomic E-state index is 12.0. The number of hydrogen-bond donors (Lipinski definition) is 2. The van der Waals surface area contributed by atoms with E-state index in [-0.39, 0.29) is 29.8 Å². The molecule has 0 radical (unpaired) electrons. The molecule has 0 saturated heterocycles. The van der Waals surface area contributed by atoms with Gasteiger partial charge in [-0.15, -0.1) is 12.4 Å². The monoisotopic (exact) mass is 272 g/mol. The fourth-order valence-electron chi connectivity index (χ4n) is 2.44. The summed E-state index contributed by atoms with van der Waals surface area (Å²) in [6.45, 7) is 4.72. The van der Waals surface area contributed by atoms with Crippen molar-refractivity contribution < 1.29 is 9.21 Å². The molecule has 1 amide bonds. The molecular weight excluding hydrogens is 252 g/mol. The molecule has 1 fully saturated rings. The molecule has 18 heavy (non-hydrogen) atoms. The Kier molecular flexibility index (Phi) is 4.82. The van der Waals surface area contributed by atoms with Crippen molar-refractivity contribution in [3.05, 3.63) is 23.7 Å². The van der Waals surface area contributed by atoms with Gasteiger partial charge in [-0.3, -0.25) is 4.79 Å². The van der Waals surface area contributed by atoms with Crippen LogP contribution >= 0.6 is 12.4 Å². The van der Waals surface area contributed by atoms with Gasteiger partial charge in [-0.2, -0.15) is 0 Å². The Morgan fingerprint density at radius 2 is 2.33 bits per heavy atom. The molecule has 1 aromatic rings. The summed E-state index contributed by atoms with van der Waals surface area (Å²) >= 11 is 0. The minimum Gasteiger partial charge on any atom is -0.467 e. The number of nitrogens with one attached hydrogen (secondary N) is 1. The molecule has 2 rings (SSSR count). The molecule has 1 unspecified atom stereocenters. The molecule has 1 aromatic heterocycles. The third-order valence-electron chi connectivity index (χ3n) is 3.68. The predicted octanol–water partition coefficient (Wildman–Crippen LogP) is 2.47. The highest BCUT2D eigenvalue weighted by Gasteiger charge is 2.35. The van der Waals surface area contributed by atoms with Gasteiger partial charge in [-0.05, 0) is 24.3 Å². The van der Waals surface area contributed by atoms with Crippen molar-refractivity contribution in [2.45, 2.75) is 45.7 Å². The second-order valence-electron chi connectivity index (χ2n) is 5.41. The molecule has 1 aliphatic rings. The number of nitrogens with two attached hydrogens (primary N) is 1. The van der Waals surface area contributed by atoms with Crippen LogP contribution in [0.3, 0.4) is 0 Å². The zero-order valence-corrected chi connectivity index (χ0v) is 11.7. The second-order valence-corrected chi connectivity index (χ2v) is 5.41. The highest BCUT2D eigenvalue weighted by Crippen LogP contribution is 2.37. The summed E-state index contributed by atoms with van der Waals surface area (Å²) in [4.78, 5) is 12.0. The summed E-state index contributed by atoms with van der Waals surface area (Å²) in [5.41, 5.74) is 6.20. The van der Waals surface area contributed by atoms with Crippen molar-refractivity contribution in [2.75, 3.05) is 0 Å². The molecule has 1 aliphatic carbocycles. The van der Waals surface area contributed by atoms with Crippen LogP contribution in [0, 0.1) is 5.41 Å². The number of halogens is 1. The average molecular weight is 273 g/mol. The Bertz CT molecular complexity index is 415. The molecular formula is C13H21ClN2O2. The number of carbonyl (C=O) groups excluding carboxylic acids is 1. The van der Waals surface area contributed by atoms with Crippen LogP contribution in [-0.4, -0.2) is 11.9 Å². The molecule has 3 N–H and O–H groups in total. The first-order valence-electron chi connectivity index (χ1n) is 6.11. The largest absolute Gasteiger partial charge is 0.467 e. The maximum absolute atomic E-state index is 12.0. The van der Waals surface area contributed by atoms with Crippen molar-refractivity contribution in [1.29, 1.82) is 0 Å². The van der Waals surface area contributed by atoms with Gasteiger partial charge in [0.2, 0.25) is 0 Å². The molecule has 0 spiro atoms. The van der Waals surface area contributed by atoms with E-state index >= 15 is 0 Å². The van der Waals surface area contributed by atoms with Crippen molar-refractivity contribution in [2.24, 2.45) is 11.1 Å². The lowest BCUT2D eigenvalue weighted by molar-refractivity contribution is 0.0909. The lowest BCUT2D eigenvalue weighted by Gasteiger charge is -2.27. The first-order chi connectivity index (χ1) is 8.03. The third-order valence-corrected chi connectivity index (χ3v) is 3.68. The van der Waals surface area contributed by atoms with E-state index in [1.165, 1.54) is 12.7 Å². The minimum atomic E-state index is -0.0616. The van der Waals surface area contributed by atoms with E-state index in [1.54, 1.807) is 6.07 Å². The SMILES string of the molecule is CC1(C)CCCC1NC(=O)c1coc(CN)c1.Cl. The van der Waals surface area contributed by atoms with Gasteiger partial charge < -0.3 is 15.5 Å². The van der Waals surface area contributed by atoms with E-state index in [0.717, 1.165) is 12.8 Å². The molecule has 0 aliphatic heterocycles. The van der Waals surface area contributed by atoms with Gasteiger partial charge in [-0.25, -0.2) is 0 Å². The summed E-state index contributed by atoms with van der Waals surface area (Å²) in [6.07, 6.45) is 4.87. The van der Waals surface area contributed by atoms with Gasteiger partial charge in [0.05, 0.1) is 12.1 Å². The smallest absolute Gasteiger partial charge is 0.254 e. The van der Waals surface area contributed by atoms with E-state index < -0.39 is 0 Å². The number of carbonyl (C=O) groups is 1. The van der Waals surface area contributed by atoms with Gasteiger partial charge in [0.1, 0.15) is 12.0 Å². The number of hydrogen-bond acceptors (Lipinski definition) is 3. The molecule has 102 valence electrons. The molecule has 1 heterocycles. The van der Waals surface area contributed by atoms with Crippen LogP contribution in [0.1, 0.15) is 49.2 Å². The van der Waals surface area contributed by atoms with Gasteiger partial charge in [0.15, 0.2) is 0 Å². The third kappa shape index (κ3) is 3.06. The molecule has 1 saturated carbocycles. The van der Waals surface area contributed by atoms with Crippen LogP contribution in [0.5, 0.6) is 0 Å². The number of rotatable bonds is 3. The van der Waals surface area contributed by atoms with Crippen molar-refractivity contribution in [3.63, 3.8) is 0 Å².